The maximum atomic E-state index is 12.8. The van der Waals surface area contributed by atoms with E-state index in [-0.39, 0.29) is 5.78 Å². The van der Waals surface area contributed by atoms with Crippen LogP contribution in [0.4, 0.5) is 4.39 Å². The lowest BCUT2D eigenvalue weighted by atomic mass is 10.1. The standard InChI is InChI=1S/C16H24FN3O/c1-3-14-12-19(2)8-4-9-20(14)10-7-16(21)15-6-5-13(17)11-18-15/h5-6,11,14H,3-4,7-10,12H2,1-2H3. The van der Waals surface area contributed by atoms with Crippen LogP contribution in [0.3, 0.4) is 0 Å². The number of carbonyl (C=O) groups excluding carboxylic acids is 1. The second-order valence-electron chi connectivity index (χ2n) is 5.75. The molecule has 0 bridgehead atoms. The predicted molar refractivity (Wildman–Crippen MR) is 80.9 cm³/mol. The molecule has 1 atom stereocenters. The third-order valence-corrected chi connectivity index (χ3v) is 4.13. The van der Waals surface area contributed by atoms with Gasteiger partial charge in [0.05, 0.1) is 6.20 Å². The van der Waals surface area contributed by atoms with Crippen LogP contribution in [0.15, 0.2) is 18.3 Å². The van der Waals surface area contributed by atoms with Gasteiger partial charge in [-0.15, -0.1) is 0 Å². The van der Waals surface area contributed by atoms with E-state index < -0.39 is 5.82 Å². The number of Topliss-reactive ketones (excluding diaryl/α,β-unsaturated/α-hetero) is 1. The Morgan fingerprint density at radius 2 is 2.24 bits per heavy atom. The van der Waals surface area contributed by atoms with E-state index in [1.54, 1.807) is 0 Å². The number of aromatic nitrogens is 1. The number of carbonyl (C=O) groups is 1. The summed E-state index contributed by atoms with van der Waals surface area (Å²) in [5, 5.41) is 0. The highest BCUT2D eigenvalue weighted by Gasteiger charge is 2.22. The van der Waals surface area contributed by atoms with E-state index in [2.05, 4.69) is 28.8 Å². The van der Waals surface area contributed by atoms with Gasteiger partial charge in [0.1, 0.15) is 11.5 Å². The molecule has 0 radical (unpaired) electrons. The molecule has 1 aromatic heterocycles. The number of pyridine rings is 1. The molecular weight excluding hydrogens is 269 g/mol. The highest BCUT2D eigenvalue weighted by atomic mass is 19.1. The van der Waals surface area contributed by atoms with Crippen LogP contribution in [0.25, 0.3) is 0 Å². The zero-order chi connectivity index (χ0) is 15.2. The Labute approximate surface area is 126 Å². The maximum Gasteiger partial charge on any atom is 0.182 e. The first-order chi connectivity index (χ1) is 10.1. The third kappa shape index (κ3) is 4.58. The molecule has 1 fully saturated rings. The van der Waals surface area contributed by atoms with Gasteiger partial charge in [0.15, 0.2) is 5.78 Å². The number of nitrogens with zero attached hydrogens (tertiary/aromatic N) is 3. The normalized spacial score (nSPS) is 21.2. The van der Waals surface area contributed by atoms with Crippen molar-refractivity contribution in [2.75, 3.05) is 33.2 Å². The van der Waals surface area contributed by atoms with Gasteiger partial charge >= 0.3 is 0 Å². The summed E-state index contributed by atoms with van der Waals surface area (Å²) in [7, 11) is 2.15. The largest absolute Gasteiger partial charge is 0.305 e. The first kappa shape index (κ1) is 16.0. The van der Waals surface area contributed by atoms with Crippen molar-refractivity contribution in [1.82, 2.24) is 14.8 Å². The Hall–Kier alpha value is -1.33. The van der Waals surface area contributed by atoms with E-state index >= 15 is 0 Å². The van der Waals surface area contributed by atoms with Crippen molar-refractivity contribution in [3.8, 4) is 0 Å². The van der Waals surface area contributed by atoms with Crippen LogP contribution < -0.4 is 0 Å². The molecule has 0 amide bonds. The zero-order valence-electron chi connectivity index (χ0n) is 12.9. The van der Waals surface area contributed by atoms with E-state index in [9.17, 15) is 9.18 Å². The van der Waals surface area contributed by atoms with Crippen LogP contribution in [0, 0.1) is 5.82 Å². The molecule has 0 N–H and O–H groups in total. The first-order valence-corrected chi connectivity index (χ1v) is 7.67. The number of likely N-dealkylation sites (N-methyl/N-ethyl adjacent to an activating group) is 1. The molecule has 1 unspecified atom stereocenters. The smallest absolute Gasteiger partial charge is 0.182 e. The lowest BCUT2D eigenvalue weighted by molar-refractivity contribution is 0.0943. The summed E-state index contributed by atoms with van der Waals surface area (Å²) in [4.78, 5) is 20.7. The van der Waals surface area contributed by atoms with Gasteiger partial charge in [-0.1, -0.05) is 6.92 Å². The average molecular weight is 293 g/mol. The van der Waals surface area contributed by atoms with Crippen molar-refractivity contribution >= 4 is 5.78 Å². The number of ketones is 1. The number of hydrogen-bond acceptors (Lipinski definition) is 4. The summed E-state index contributed by atoms with van der Waals surface area (Å²) >= 11 is 0. The van der Waals surface area contributed by atoms with Crippen LogP contribution >= 0.6 is 0 Å². The van der Waals surface area contributed by atoms with Crippen molar-refractivity contribution in [2.45, 2.75) is 32.2 Å². The van der Waals surface area contributed by atoms with Gasteiger partial charge in [-0.25, -0.2) is 4.39 Å². The molecule has 116 valence electrons. The summed E-state index contributed by atoms with van der Waals surface area (Å²) in [5.74, 6) is -0.421. The summed E-state index contributed by atoms with van der Waals surface area (Å²) < 4.78 is 12.8. The van der Waals surface area contributed by atoms with Gasteiger partial charge < -0.3 is 4.90 Å². The molecular formula is C16H24FN3O. The van der Waals surface area contributed by atoms with Gasteiger partial charge in [-0.2, -0.15) is 0 Å². The monoisotopic (exact) mass is 293 g/mol. The van der Waals surface area contributed by atoms with Gasteiger partial charge in [0.25, 0.3) is 0 Å². The maximum absolute atomic E-state index is 12.8. The molecule has 21 heavy (non-hydrogen) atoms. The Bertz CT molecular complexity index is 463. The summed E-state index contributed by atoms with van der Waals surface area (Å²) in [6, 6.07) is 3.26. The zero-order valence-corrected chi connectivity index (χ0v) is 12.9. The number of hydrogen-bond donors (Lipinski definition) is 0. The molecule has 1 aromatic rings. The molecule has 1 aliphatic heterocycles. The van der Waals surface area contributed by atoms with Gasteiger partial charge in [0, 0.05) is 25.6 Å². The van der Waals surface area contributed by atoms with Gasteiger partial charge in [-0.3, -0.25) is 14.7 Å². The second-order valence-corrected chi connectivity index (χ2v) is 5.75. The van der Waals surface area contributed by atoms with Crippen molar-refractivity contribution in [3.05, 3.63) is 29.8 Å². The van der Waals surface area contributed by atoms with Crippen molar-refractivity contribution < 1.29 is 9.18 Å². The van der Waals surface area contributed by atoms with Crippen molar-refractivity contribution in [3.63, 3.8) is 0 Å². The fraction of sp³-hybridized carbons (Fsp3) is 0.625. The van der Waals surface area contributed by atoms with E-state index in [4.69, 9.17) is 0 Å². The Morgan fingerprint density at radius 3 is 2.90 bits per heavy atom. The average Bonchev–Trinajstić information content (AvgIpc) is 2.66. The number of halogens is 1. The van der Waals surface area contributed by atoms with Crippen molar-refractivity contribution in [1.29, 1.82) is 0 Å². The van der Waals surface area contributed by atoms with E-state index in [1.165, 1.54) is 12.1 Å². The van der Waals surface area contributed by atoms with Gasteiger partial charge in [-0.05, 0) is 45.1 Å². The molecule has 0 aliphatic carbocycles. The van der Waals surface area contributed by atoms with Crippen LogP contribution in [0.5, 0.6) is 0 Å². The summed E-state index contributed by atoms with van der Waals surface area (Å²) in [6.07, 6.45) is 3.77. The molecule has 4 nitrogen and oxygen atoms in total. The highest BCUT2D eigenvalue weighted by Crippen LogP contribution is 2.13. The minimum atomic E-state index is -0.409. The Kier molecular flexibility index (Phi) is 5.82. The van der Waals surface area contributed by atoms with E-state index in [0.717, 1.165) is 45.2 Å². The molecule has 0 aromatic carbocycles. The second kappa shape index (κ2) is 7.61. The lowest BCUT2D eigenvalue weighted by Crippen LogP contribution is -2.40. The summed E-state index contributed by atoms with van der Waals surface area (Å²) in [6.45, 7) is 6.15. The minimum Gasteiger partial charge on any atom is -0.305 e. The van der Waals surface area contributed by atoms with Crippen LogP contribution in [0.1, 0.15) is 36.7 Å². The fourth-order valence-electron chi connectivity index (χ4n) is 2.89. The minimum absolute atomic E-state index is 0.0116. The molecule has 1 aliphatic rings. The highest BCUT2D eigenvalue weighted by molar-refractivity contribution is 5.94. The molecule has 0 spiro atoms. The van der Waals surface area contributed by atoms with Crippen LogP contribution in [-0.4, -0.2) is 59.8 Å². The molecule has 2 heterocycles. The number of rotatable bonds is 5. The first-order valence-electron chi connectivity index (χ1n) is 7.67. The predicted octanol–water partition coefficient (Wildman–Crippen LogP) is 2.21. The van der Waals surface area contributed by atoms with Gasteiger partial charge in [0.2, 0.25) is 0 Å². The molecule has 5 heteroatoms. The molecule has 2 rings (SSSR count). The van der Waals surface area contributed by atoms with Crippen LogP contribution in [-0.2, 0) is 0 Å². The fourth-order valence-corrected chi connectivity index (χ4v) is 2.89. The molecule has 0 saturated carbocycles. The summed E-state index contributed by atoms with van der Waals surface area (Å²) in [5.41, 5.74) is 0.358. The molecule has 1 saturated heterocycles. The Morgan fingerprint density at radius 1 is 1.43 bits per heavy atom. The van der Waals surface area contributed by atoms with Crippen LogP contribution in [0.2, 0.25) is 0 Å². The topological polar surface area (TPSA) is 36.4 Å². The lowest BCUT2D eigenvalue weighted by Gasteiger charge is -2.29. The SMILES string of the molecule is CCC1CN(C)CCCN1CCC(=O)c1ccc(F)cn1. The van der Waals surface area contributed by atoms with Crippen molar-refractivity contribution in [2.24, 2.45) is 0 Å². The Balaban J connectivity index is 1.91. The van der Waals surface area contributed by atoms with E-state index in [0.29, 0.717) is 18.2 Å². The quantitative estimate of drug-likeness (QED) is 0.780. The van der Waals surface area contributed by atoms with E-state index in [1.807, 2.05) is 0 Å². The third-order valence-electron chi connectivity index (χ3n) is 4.13.